The molecule has 4 amide bonds. The van der Waals surface area contributed by atoms with Crippen LogP contribution in [0.2, 0.25) is 0 Å². The summed E-state index contributed by atoms with van der Waals surface area (Å²) in [5.41, 5.74) is 4.27. The van der Waals surface area contributed by atoms with Gasteiger partial charge in [0.2, 0.25) is 0 Å². The van der Waals surface area contributed by atoms with Crippen LogP contribution < -0.4 is 10.6 Å². The lowest BCUT2D eigenvalue weighted by atomic mass is 9.97. The second-order valence-corrected chi connectivity index (χ2v) is 12.9. The molecular weight excluding hydrogens is 634 g/mol. The second-order valence-electron chi connectivity index (χ2n) is 12.1. The van der Waals surface area contributed by atoms with E-state index in [-0.39, 0.29) is 23.6 Å². The second kappa shape index (κ2) is 18.9. The van der Waals surface area contributed by atoms with Crippen LogP contribution >= 0.6 is 15.9 Å². The lowest BCUT2D eigenvalue weighted by Gasteiger charge is -2.26. The van der Waals surface area contributed by atoms with Gasteiger partial charge in [-0.25, -0.2) is 0 Å². The van der Waals surface area contributed by atoms with Crippen molar-refractivity contribution in [2.75, 3.05) is 38.2 Å². The summed E-state index contributed by atoms with van der Waals surface area (Å²) in [5, 5.41) is 5.84. The number of unbranched alkanes of at least 4 members (excludes halogenated alkanes) is 10. The maximum absolute atomic E-state index is 11.9. The molecule has 0 atom stereocenters. The fraction of sp³-hybridized carbons (Fsp3) is 0.556. The highest BCUT2D eigenvalue weighted by molar-refractivity contribution is 9.09. The third-order valence-corrected chi connectivity index (χ3v) is 9.36. The van der Waals surface area contributed by atoms with Crippen LogP contribution in [0, 0.1) is 0 Å². The van der Waals surface area contributed by atoms with Crippen LogP contribution in [-0.4, -0.2) is 66.7 Å². The Morgan fingerprint density at radius 3 is 1.51 bits per heavy atom. The summed E-state index contributed by atoms with van der Waals surface area (Å²) >= 11 is 3.44. The molecule has 1 saturated heterocycles. The van der Waals surface area contributed by atoms with Gasteiger partial charge in [0, 0.05) is 18.4 Å². The zero-order chi connectivity index (χ0) is 31.9. The molecule has 8 nitrogen and oxygen atoms in total. The average Bonchev–Trinajstić information content (AvgIpc) is 3.52. The van der Waals surface area contributed by atoms with Crippen LogP contribution in [0.15, 0.2) is 36.4 Å². The number of hydrogen-bond donors (Lipinski definition) is 2. The molecule has 9 heteroatoms. The maximum atomic E-state index is 11.9. The van der Waals surface area contributed by atoms with E-state index in [1.165, 1.54) is 70.8 Å². The number of alkyl halides is 1. The number of ether oxygens (including phenoxy) is 1. The number of nitrogens with zero attached hydrogens (tertiary/aromatic N) is 1. The monoisotopic (exact) mass is 681 g/mol. The van der Waals surface area contributed by atoms with Crippen molar-refractivity contribution in [2.24, 2.45) is 0 Å². The predicted molar refractivity (Wildman–Crippen MR) is 180 cm³/mol. The number of fused-ring (bicyclic) bond motifs is 2. The first-order chi connectivity index (χ1) is 22.0. The molecule has 3 heterocycles. The van der Waals surface area contributed by atoms with Crippen molar-refractivity contribution in [3.05, 3.63) is 69.8 Å². The SMILES string of the molecule is O=C1NC(=O)c2c(CCCCCCCCBr)cccc21.O=C1NC(=O)c2c(CCCCCCCCN3CCOCC3)cccc21. The summed E-state index contributed by atoms with van der Waals surface area (Å²) in [6.07, 6.45) is 16.4. The highest BCUT2D eigenvalue weighted by Gasteiger charge is 2.29. The van der Waals surface area contributed by atoms with E-state index in [2.05, 4.69) is 31.5 Å². The Labute approximate surface area is 276 Å². The molecular formula is C36H48BrN3O5. The van der Waals surface area contributed by atoms with Crippen LogP contribution in [0.5, 0.6) is 0 Å². The molecule has 0 aliphatic carbocycles. The van der Waals surface area contributed by atoms with E-state index in [0.717, 1.165) is 68.4 Å². The minimum absolute atomic E-state index is 0.237. The number of benzene rings is 2. The molecule has 244 valence electrons. The molecule has 0 spiro atoms. The summed E-state index contributed by atoms with van der Waals surface area (Å²) in [4.78, 5) is 49.4. The molecule has 0 aromatic heterocycles. The number of aryl methyl sites for hydroxylation is 2. The van der Waals surface area contributed by atoms with Crippen molar-refractivity contribution >= 4 is 39.6 Å². The van der Waals surface area contributed by atoms with Crippen molar-refractivity contribution < 1.29 is 23.9 Å². The first kappa shape index (κ1) is 35.0. The number of carbonyl (C=O) groups is 4. The van der Waals surface area contributed by atoms with Gasteiger partial charge < -0.3 is 4.74 Å². The summed E-state index contributed by atoms with van der Waals surface area (Å²) in [6.45, 7) is 5.12. The van der Waals surface area contributed by atoms with Crippen LogP contribution in [-0.2, 0) is 17.6 Å². The van der Waals surface area contributed by atoms with Crippen LogP contribution in [0.3, 0.4) is 0 Å². The number of morpholine rings is 1. The van der Waals surface area contributed by atoms with Crippen LogP contribution in [0.4, 0.5) is 0 Å². The molecule has 45 heavy (non-hydrogen) atoms. The van der Waals surface area contributed by atoms with Gasteiger partial charge in [-0.2, -0.15) is 0 Å². The van der Waals surface area contributed by atoms with Gasteiger partial charge in [0.1, 0.15) is 0 Å². The molecule has 3 aliphatic heterocycles. The minimum Gasteiger partial charge on any atom is -0.379 e. The van der Waals surface area contributed by atoms with Crippen molar-refractivity contribution in [2.45, 2.75) is 89.9 Å². The lowest BCUT2D eigenvalue weighted by Crippen LogP contribution is -2.36. The van der Waals surface area contributed by atoms with E-state index >= 15 is 0 Å². The minimum atomic E-state index is -0.262. The van der Waals surface area contributed by atoms with Crippen molar-refractivity contribution in [3.8, 4) is 0 Å². The Bertz CT molecular complexity index is 1310. The van der Waals surface area contributed by atoms with E-state index in [4.69, 9.17) is 4.74 Å². The highest BCUT2D eigenvalue weighted by atomic mass is 79.9. The Morgan fingerprint density at radius 2 is 1.02 bits per heavy atom. The van der Waals surface area contributed by atoms with Gasteiger partial charge in [-0.1, -0.05) is 91.6 Å². The molecule has 0 unspecified atom stereocenters. The number of carbonyl (C=O) groups excluding carboxylic acids is 4. The standard InChI is InChI=1S/C20H28N2O3.C16H20BrNO2/c23-19-17-10-7-9-16(18(17)20(24)21-19)8-5-3-1-2-4-6-11-22-12-14-25-15-13-22;17-11-6-4-2-1-3-5-8-12-9-7-10-13-14(12)16(20)18-15(13)19/h7,9-10H,1-6,8,11-15H2,(H,21,23,24);7,9-10H,1-6,8,11H2,(H,18,19,20). The topological polar surface area (TPSA) is 105 Å². The Kier molecular flexibility index (Phi) is 14.7. The number of imide groups is 2. The zero-order valence-electron chi connectivity index (χ0n) is 26.5. The molecule has 2 aromatic rings. The van der Waals surface area contributed by atoms with E-state index < -0.39 is 0 Å². The molecule has 3 aliphatic rings. The van der Waals surface area contributed by atoms with E-state index in [1.807, 2.05) is 24.3 Å². The number of rotatable bonds is 17. The van der Waals surface area contributed by atoms with Gasteiger partial charge in [0.05, 0.1) is 35.5 Å². The number of hydrogen-bond acceptors (Lipinski definition) is 6. The maximum Gasteiger partial charge on any atom is 0.259 e. The smallest absolute Gasteiger partial charge is 0.259 e. The van der Waals surface area contributed by atoms with Crippen molar-refractivity contribution in [3.63, 3.8) is 0 Å². The Hall–Kier alpha value is -2.88. The number of amides is 4. The molecule has 2 aromatic carbocycles. The van der Waals surface area contributed by atoms with E-state index in [0.29, 0.717) is 22.3 Å². The number of halogens is 1. The van der Waals surface area contributed by atoms with Crippen molar-refractivity contribution in [1.29, 1.82) is 0 Å². The van der Waals surface area contributed by atoms with Crippen LogP contribution in [0.1, 0.15) is 130 Å². The number of nitrogens with one attached hydrogen (secondary N) is 2. The summed E-state index contributed by atoms with van der Waals surface area (Å²) in [7, 11) is 0. The summed E-state index contributed by atoms with van der Waals surface area (Å²) in [6, 6.07) is 11.1. The fourth-order valence-electron chi connectivity index (χ4n) is 6.30. The third-order valence-electron chi connectivity index (χ3n) is 8.80. The summed E-state index contributed by atoms with van der Waals surface area (Å²) in [5.74, 6) is -1.000. The highest BCUT2D eigenvalue weighted by Crippen LogP contribution is 2.23. The van der Waals surface area contributed by atoms with Gasteiger partial charge in [-0.3, -0.25) is 34.7 Å². The van der Waals surface area contributed by atoms with E-state index in [1.54, 1.807) is 12.1 Å². The zero-order valence-corrected chi connectivity index (χ0v) is 28.1. The van der Waals surface area contributed by atoms with E-state index in [9.17, 15) is 19.2 Å². The molecule has 0 bridgehead atoms. The molecule has 0 radical (unpaired) electrons. The normalized spacial score (nSPS) is 15.8. The largest absolute Gasteiger partial charge is 0.379 e. The van der Waals surface area contributed by atoms with Gasteiger partial charge >= 0.3 is 0 Å². The summed E-state index contributed by atoms with van der Waals surface area (Å²) < 4.78 is 5.36. The fourth-order valence-corrected chi connectivity index (χ4v) is 6.69. The Balaban J connectivity index is 0.000000210. The first-order valence-corrected chi connectivity index (χ1v) is 17.9. The average molecular weight is 683 g/mol. The predicted octanol–water partition coefficient (Wildman–Crippen LogP) is 6.63. The molecule has 1 fully saturated rings. The third kappa shape index (κ3) is 10.6. The van der Waals surface area contributed by atoms with Gasteiger partial charge in [-0.15, -0.1) is 0 Å². The quantitative estimate of drug-likeness (QED) is 0.110. The van der Waals surface area contributed by atoms with Gasteiger partial charge in [0.25, 0.3) is 23.6 Å². The van der Waals surface area contributed by atoms with Crippen LogP contribution in [0.25, 0.3) is 0 Å². The Morgan fingerprint density at radius 1 is 0.578 bits per heavy atom. The first-order valence-electron chi connectivity index (χ1n) is 16.8. The lowest BCUT2D eigenvalue weighted by molar-refractivity contribution is 0.0371. The van der Waals surface area contributed by atoms with Crippen molar-refractivity contribution in [1.82, 2.24) is 15.5 Å². The molecule has 5 rings (SSSR count). The van der Waals surface area contributed by atoms with Gasteiger partial charge in [-0.05, 0) is 68.3 Å². The molecule has 2 N–H and O–H groups in total. The van der Waals surface area contributed by atoms with Gasteiger partial charge in [0.15, 0.2) is 0 Å². The molecule has 0 saturated carbocycles.